The van der Waals surface area contributed by atoms with E-state index in [4.69, 9.17) is 9.84 Å². The van der Waals surface area contributed by atoms with E-state index in [9.17, 15) is 4.79 Å². The van der Waals surface area contributed by atoms with E-state index in [1.54, 1.807) is 6.20 Å². The largest absolute Gasteiger partial charge is 0.477 e. The fourth-order valence-electron chi connectivity index (χ4n) is 3.00. The van der Waals surface area contributed by atoms with Gasteiger partial charge in [0.15, 0.2) is 5.65 Å². The number of rotatable bonds is 7. The molecule has 0 spiro atoms. The highest BCUT2D eigenvalue weighted by Gasteiger charge is 2.15. The minimum absolute atomic E-state index is 0.126. The van der Waals surface area contributed by atoms with E-state index in [-0.39, 0.29) is 5.56 Å². The van der Waals surface area contributed by atoms with Crippen LogP contribution in [0.15, 0.2) is 18.6 Å². The average molecular weight is 318 g/mol. The van der Waals surface area contributed by atoms with Crippen LogP contribution in [0.25, 0.3) is 5.65 Å². The van der Waals surface area contributed by atoms with Gasteiger partial charge in [0.05, 0.1) is 12.3 Å². The fraction of sp³-hybridized carbons (Fsp3) is 0.562. The van der Waals surface area contributed by atoms with Crippen molar-refractivity contribution in [3.05, 3.63) is 29.7 Å². The lowest BCUT2D eigenvalue weighted by Gasteiger charge is -2.17. The van der Waals surface area contributed by atoms with Crippen molar-refractivity contribution in [1.82, 2.24) is 19.5 Å². The number of carbonyl (C=O) groups is 1. The number of hydrogen-bond acceptors (Lipinski definition) is 5. The van der Waals surface area contributed by atoms with E-state index >= 15 is 0 Å². The summed E-state index contributed by atoms with van der Waals surface area (Å²) in [5, 5.41) is 13.1. The summed E-state index contributed by atoms with van der Waals surface area (Å²) in [4.78, 5) is 17.5. The number of ether oxygens (including phenoxy) is 1. The third-order valence-electron chi connectivity index (χ3n) is 4.18. The van der Waals surface area contributed by atoms with Crippen LogP contribution < -0.4 is 0 Å². The molecule has 1 atom stereocenters. The fourth-order valence-corrected chi connectivity index (χ4v) is 3.00. The van der Waals surface area contributed by atoms with Gasteiger partial charge in [0.2, 0.25) is 0 Å². The van der Waals surface area contributed by atoms with Gasteiger partial charge in [-0.1, -0.05) is 0 Å². The molecule has 0 radical (unpaired) electrons. The number of fused-ring (bicyclic) bond motifs is 1. The Morgan fingerprint density at radius 2 is 2.39 bits per heavy atom. The molecule has 1 N–H and O–H groups in total. The lowest BCUT2D eigenvalue weighted by Crippen LogP contribution is -2.21. The average Bonchev–Trinajstić information content (AvgIpc) is 3.15. The maximum absolute atomic E-state index is 11.1. The van der Waals surface area contributed by atoms with Crippen LogP contribution in [-0.4, -0.2) is 56.9 Å². The third kappa shape index (κ3) is 3.86. The van der Waals surface area contributed by atoms with Crippen molar-refractivity contribution in [3.8, 4) is 0 Å². The minimum atomic E-state index is -1.01. The first-order valence-electron chi connectivity index (χ1n) is 7.99. The Labute approximate surface area is 134 Å². The van der Waals surface area contributed by atoms with E-state index in [1.165, 1.54) is 23.6 Å². The van der Waals surface area contributed by atoms with Crippen LogP contribution in [0, 0.1) is 0 Å². The van der Waals surface area contributed by atoms with Crippen molar-refractivity contribution >= 4 is 11.6 Å². The first-order valence-corrected chi connectivity index (χ1v) is 7.99. The van der Waals surface area contributed by atoms with Gasteiger partial charge >= 0.3 is 5.97 Å². The molecule has 1 fully saturated rings. The summed E-state index contributed by atoms with van der Waals surface area (Å²) in [6.07, 6.45) is 9.94. The van der Waals surface area contributed by atoms with Crippen molar-refractivity contribution in [2.24, 2.45) is 0 Å². The number of nitrogens with zero attached hydrogens (tertiary/aromatic N) is 4. The quantitative estimate of drug-likeness (QED) is 0.839. The molecule has 0 amide bonds. The van der Waals surface area contributed by atoms with Gasteiger partial charge in [0, 0.05) is 31.1 Å². The second-order valence-corrected chi connectivity index (χ2v) is 6.11. The monoisotopic (exact) mass is 318 g/mol. The first kappa shape index (κ1) is 15.9. The van der Waals surface area contributed by atoms with Crippen molar-refractivity contribution in [1.29, 1.82) is 0 Å². The smallest absolute Gasteiger partial charge is 0.341 e. The van der Waals surface area contributed by atoms with Crippen LogP contribution in [0.4, 0.5) is 0 Å². The Morgan fingerprint density at radius 1 is 1.52 bits per heavy atom. The van der Waals surface area contributed by atoms with Gasteiger partial charge in [-0.15, -0.1) is 0 Å². The minimum Gasteiger partial charge on any atom is -0.477 e. The Kier molecular flexibility index (Phi) is 4.88. The number of carboxylic acids is 1. The van der Waals surface area contributed by atoms with Crippen LogP contribution >= 0.6 is 0 Å². The van der Waals surface area contributed by atoms with Gasteiger partial charge in [-0.2, -0.15) is 5.10 Å². The van der Waals surface area contributed by atoms with Crippen LogP contribution in [0.5, 0.6) is 0 Å². The topological polar surface area (TPSA) is 80.0 Å². The summed E-state index contributed by atoms with van der Waals surface area (Å²) in [7, 11) is 2.07. The summed E-state index contributed by atoms with van der Waals surface area (Å²) in [5.74, 6) is -1.01. The Balaban J connectivity index is 1.54. The molecule has 1 saturated heterocycles. The molecule has 2 aromatic rings. The number of carboxylic acid groups (broad SMARTS) is 1. The SMILES string of the molecule is CN(CCCC1CCCO1)Cc1cnc2c(C(=O)O)cnn2c1. The van der Waals surface area contributed by atoms with Crippen LogP contribution in [0.1, 0.15) is 41.6 Å². The predicted octanol–water partition coefficient (Wildman–Crippen LogP) is 1.82. The number of hydrogen-bond donors (Lipinski definition) is 1. The van der Waals surface area contributed by atoms with Crippen molar-refractivity contribution in [2.75, 3.05) is 20.2 Å². The molecule has 0 aromatic carbocycles. The molecule has 124 valence electrons. The second kappa shape index (κ2) is 7.06. The molecule has 0 aliphatic carbocycles. The molecule has 0 saturated carbocycles. The predicted molar refractivity (Wildman–Crippen MR) is 84.5 cm³/mol. The lowest BCUT2D eigenvalue weighted by atomic mass is 10.1. The summed E-state index contributed by atoms with van der Waals surface area (Å²) in [6, 6.07) is 0. The van der Waals surface area contributed by atoms with Crippen LogP contribution in [0.3, 0.4) is 0 Å². The number of aromatic carboxylic acids is 1. The Morgan fingerprint density at radius 3 is 3.13 bits per heavy atom. The lowest BCUT2D eigenvalue weighted by molar-refractivity contribution is 0.0698. The van der Waals surface area contributed by atoms with E-state index in [1.807, 2.05) is 6.20 Å². The van der Waals surface area contributed by atoms with Crippen LogP contribution in [0.2, 0.25) is 0 Å². The molecule has 1 aliphatic heterocycles. The molecular formula is C16H22N4O3. The summed E-state index contributed by atoms with van der Waals surface area (Å²) >= 11 is 0. The summed E-state index contributed by atoms with van der Waals surface area (Å²) in [5.41, 5.74) is 1.51. The Bertz CT molecular complexity index is 679. The molecule has 3 heterocycles. The van der Waals surface area contributed by atoms with Gasteiger partial charge in [0.1, 0.15) is 5.56 Å². The van der Waals surface area contributed by atoms with E-state index in [0.29, 0.717) is 11.8 Å². The third-order valence-corrected chi connectivity index (χ3v) is 4.18. The molecular weight excluding hydrogens is 296 g/mol. The molecule has 7 heteroatoms. The maximum atomic E-state index is 11.1. The molecule has 7 nitrogen and oxygen atoms in total. The molecule has 0 bridgehead atoms. The van der Waals surface area contributed by atoms with Gasteiger partial charge < -0.3 is 14.7 Å². The summed E-state index contributed by atoms with van der Waals surface area (Å²) in [6.45, 7) is 2.67. The Hall–Kier alpha value is -1.99. The van der Waals surface area contributed by atoms with E-state index in [2.05, 4.69) is 22.0 Å². The zero-order valence-corrected chi connectivity index (χ0v) is 13.3. The van der Waals surface area contributed by atoms with Gasteiger partial charge in [-0.3, -0.25) is 0 Å². The normalized spacial score (nSPS) is 18.1. The highest BCUT2D eigenvalue weighted by Crippen LogP contribution is 2.17. The molecule has 3 rings (SSSR count). The highest BCUT2D eigenvalue weighted by atomic mass is 16.5. The van der Waals surface area contributed by atoms with Crippen molar-refractivity contribution < 1.29 is 14.6 Å². The molecule has 1 unspecified atom stereocenters. The standard InChI is InChI=1S/C16H22N4O3/c1-19(6-2-4-13-5-3-7-23-13)10-12-8-17-15-14(16(21)22)9-18-20(15)11-12/h8-9,11,13H,2-7,10H2,1H3,(H,21,22). The van der Waals surface area contributed by atoms with Gasteiger partial charge in [-0.05, 0) is 39.3 Å². The molecule has 1 aliphatic rings. The van der Waals surface area contributed by atoms with E-state index < -0.39 is 5.97 Å². The van der Waals surface area contributed by atoms with Crippen LogP contribution in [-0.2, 0) is 11.3 Å². The zero-order chi connectivity index (χ0) is 16.2. The van der Waals surface area contributed by atoms with Gasteiger partial charge in [-0.25, -0.2) is 14.3 Å². The van der Waals surface area contributed by atoms with E-state index in [0.717, 1.165) is 38.1 Å². The molecule has 2 aromatic heterocycles. The second-order valence-electron chi connectivity index (χ2n) is 6.11. The number of aromatic nitrogens is 3. The maximum Gasteiger partial charge on any atom is 0.341 e. The highest BCUT2D eigenvalue weighted by molar-refractivity contribution is 5.93. The van der Waals surface area contributed by atoms with Gasteiger partial charge in [0.25, 0.3) is 0 Å². The van der Waals surface area contributed by atoms with Crippen molar-refractivity contribution in [3.63, 3.8) is 0 Å². The molecule has 23 heavy (non-hydrogen) atoms. The summed E-state index contributed by atoms with van der Waals surface area (Å²) < 4.78 is 7.16. The first-order chi connectivity index (χ1) is 11.1. The van der Waals surface area contributed by atoms with Crippen molar-refractivity contribution in [2.45, 2.75) is 38.3 Å². The zero-order valence-electron chi connectivity index (χ0n) is 13.3.